The highest BCUT2D eigenvalue weighted by molar-refractivity contribution is 5.31. The van der Waals surface area contributed by atoms with Gasteiger partial charge in [0.25, 0.3) is 0 Å². The number of ether oxygens (including phenoxy) is 1. The molecule has 0 radical (unpaired) electrons. The second-order valence-corrected chi connectivity index (χ2v) is 5.07. The van der Waals surface area contributed by atoms with E-state index < -0.39 is 25.3 Å². The number of piperazine rings is 1. The zero-order valence-electron chi connectivity index (χ0n) is 11.7. The molecular formula is C14H17F5N2O. The highest BCUT2D eigenvalue weighted by Gasteiger charge is 2.36. The molecule has 3 nitrogen and oxygen atoms in total. The molecule has 1 N–H and O–H groups in total. The van der Waals surface area contributed by atoms with Gasteiger partial charge in [0.15, 0.2) is 0 Å². The molecule has 0 unspecified atom stereocenters. The van der Waals surface area contributed by atoms with E-state index in [1.54, 1.807) is 4.90 Å². The summed E-state index contributed by atoms with van der Waals surface area (Å²) in [5.41, 5.74) is 0.331. The molecule has 0 aliphatic carbocycles. The van der Waals surface area contributed by atoms with Crippen LogP contribution in [0.3, 0.4) is 0 Å². The Morgan fingerprint density at radius 1 is 1.18 bits per heavy atom. The van der Waals surface area contributed by atoms with E-state index in [1.807, 2.05) is 0 Å². The third kappa shape index (κ3) is 5.10. The van der Waals surface area contributed by atoms with Gasteiger partial charge in [-0.2, -0.15) is 22.0 Å². The maximum atomic E-state index is 12.9. The van der Waals surface area contributed by atoms with Crippen molar-refractivity contribution in [2.45, 2.75) is 25.3 Å². The molecule has 1 aromatic carbocycles. The molecule has 0 aromatic heterocycles. The molecule has 22 heavy (non-hydrogen) atoms. The average molecular weight is 324 g/mol. The number of benzene rings is 1. The van der Waals surface area contributed by atoms with Crippen LogP contribution in [0.4, 0.5) is 22.0 Å². The van der Waals surface area contributed by atoms with E-state index in [0.29, 0.717) is 31.7 Å². The molecule has 0 bridgehead atoms. The van der Waals surface area contributed by atoms with Crippen molar-refractivity contribution in [1.29, 1.82) is 0 Å². The zero-order valence-corrected chi connectivity index (χ0v) is 11.7. The predicted molar refractivity (Wildman–Crippen MR) is 70.9 cm³/mol. The fraction of sp³-hybridized carbons (Fsp3) is 0.571. The van der Waals surface area contributed by atoms with E-state index in [1.165, 1.54) is 24.3 Å². The molecule has 124 valence electrons. The summed E-state index contributed by atoms with van der Waals surface area (Å²) in [6.07, 6.45) is -5.36. The number of halogens is 5. The average Bonchev–Trinajstić information content (AvgIpc) is 2.44. The summed E-state index contributed by atoms with van der Waals surface area (Å²) >= 11 is 0. The summed E-state index contributed by atoms with van der Waals surface area (Å²) < 4.78 is 67.4. The first-order valence-corrected chi connectivity index (χ1v) is 6.91. The lowest BCUT2D eigenvalue weighted by molar-refractivity contribution is -0.148. The third-order valence-electron chi connectivity index (χ3n) is 3.49. The van der Waals surface area contributed by atoms with Crippen molar-refractivity contribution < 1.29 is 26.7 Å². The molecular weight excluding hydrogens is 307 g/mol. The minimum absolute atomic E-state index is 0.130. The summed E-state index contributed by atoms with van der Waals surface area (Å²) in [7, 11) is 0. The van der Waals surface area contributed by atoms with Gasteiger partial charge in [0, 0.05) is 32.2 Å². The van der Waals surface area contributed by atoms with Gasteiger partial charge in [0.05, 0.1) is 6.42 Å². The van der Waals surface area contributed by atoms with Crippen molar-refractivity contribution in [2.75, 3.05) is 26.2 Å². The van der Waals surface area contributed by atoms with E-state index in [2.05, 4.69) is 10.1 Å². The number of hydrogen-bond acceptors (Lipinski definition) is 3. The normalized spacial score (nSPS) is 18.5. The van der Waals surface area contributed by atoms with Gasteiger partial charge in [-0.15, -0.1) is 0 Å². The van der Waals surface area contributed by atoms with Crippen LogP contribution < -0.4 is 10.1 Å². The SMILES string of the molecule is FC(F)Oc1cccc([C@@H](CC(F)(F)F)N2CCNCC2)c1. The smallest absolute Gasteiger partial charge is 0.390 e. The quantitative estimate of drug-likeness (QED) is 0.842. The van der Waals surface area contributed by atoms with Gasteiger partial charge in [0.1, 0.15) is 5.75 Å². The fourth-order valence-corrected chi connectivity index (χ4v) is 2.57. The number of rotatable bonds is 5. The fourth-order valence-electron chi connectivity index (χ4n) is 2.57. The number of nitrogens with zero attached hydrogens (tertiary/aromatic N) is 1. The molecule has 0 amide bonds. The van der Waals surface area contributed by atoms with E-state index in [9.17, 15) is 22.0 Å². The Balaban J connectivity index is 2.23. The molecule has 0 saturated carbocycles. The van der Waals surface area contributed by atoms with Crippen molar-refractivity contribution in [3.8, 4) is 5.75 Å². The Labute approximate surface area is 125 Å². The van der Waals surface area contributed by atoms with Crippen molar-refractivity contribution in [1.82, 2.24) is 10.2 Å². The lowest BCUT2D eigenvalue weighted by atomic mass is 10.0. The molecule has 1 aromatic rings. The van der Waals surface area contributed by atoms with Crippen LogP contribution >= 0.6 is 0 Å². The van der Waals surface area contributed by atoms with Crippen molar-refractivity contribution in [3.63, 3.8) is 0 Å². The summed E-state index contributed by atoms with van der Waals surface area (Å²) in [5, 5.41) is 3.07. The van der Waals surface area contributed by atoms with Gasteiger partial charge in [-0.3, -0.25) is 4.90 Å². The van der Waals surface area contributed by atoms with E-state index >= 15 is 0 Å². The van der Waals surface area contributed by atoms with Crippen LogP contribution in [0, 0.1) is 0 Å². The number of hydrogen-bond donors (Lipinski definition) is 1. The largest absolute Gasteiger partial charge is 0.435 e. The molecule has 1 heterocycles. The molecule has 1 fully saturated rings. The van der Waals surface area contributed by atoms with E-state index in [4.69, 9.17) is 0 Å². The topological polar surface area (TPSA) is 24.5 Å². The monoisotopic (exact) mass is 324 g/mol. The van der Waals surface area contributed by atoms with Crippen LogP contribution in [-0.4, -0.2) is 43.9 Å². The van der Waals surface area contributed by atoms with Crippen molar-refractivity contribution in [3.05, 3.63) is 29.8 Å². The lowest BCUT2D eigenvalue weighted by Crippen LogP contribution is -2.46. The highest BCUT2D eigenvalue weighted by Crippen LogP contribution is 2.35. The van der Waals surface area contributed by atoms with Gasteiger partial charge in [-0.1, -0.05) is 12.1 Å². The highest BCUT2D eigenvalue weighted by atomic mass is 19.4. The molecule has 1 saturated heterocycles. The molecule has 1 aliphatic rings. The molecule has 1 aliphatic heterocycles. The minimum atomic E-state index is -4.34. The second-order valence-electron chi connectivity index (χ2n) is 5.07. The second kappa shape index (κ2) is 7.23. The molecule has 8 heteroatoms. The van der Waals surface area contributed by atoms with Crippen molar-refractivity contribution in [2.24, 2.45) is 0 Å². The van der Waals surface area contributed by atoms with E-state index in [-0.39, 0.29) is 5.75 Å². The third-order valence-corrected chi connectivity index (χ3v) is 3.49. The Kier molecular flexibility index (Phi) is 5.57. The van der Waals surface area contributed by atoms with E-state index in [0.717, 1.165) is 0 Å². The molecule has 2 rings (SSSR count). The van der Waals surface area contributed by atoms with Crippen LogP contribution in [0.5, 0.6) is 5.75 Å². The summed E-state index contributed by atoms with van der Waals surface area (Å²) in [6.45, 7) is -0.861. The van der Waals surface area contributed by atoms with Gasteiger partial charge in [-0.25, -0.2) is 0 Å². The standard InChI is InChI=1S/C14H17F5N2O/c15-13(16)22-11-3-1-2-10(8-11)12(9-14(17,18)19)21-6-4-20-5-7-21/h1-3,8,12-13,20H,4-7,9H2/t12-/m1/s1. The maximum absolute atomic E-state index is 12.9. The first-order valence-electron chi connectivity index (χ1n) is 6.91. The van der Waals surface area contributed by atoms with Crippen molar-refractivity contribution >= 4 is 0 Å². The Hall–Kier alpha value is -1.41. The summed E-state index contributed by atoms with van der Waals surface area (Å²) in [5.74, 6) is -0.130. The van der Waals surface area contributed by atoms with Gasteiger partial charge < -0.3 is 10.1 Å². The summed E-state index contributed by atoms with van der Waals surface area (Å²) in [6, 6.07) is 4.60. The van der Waals surface area contributed by atoms with Crippen LogP contribution in [0.2, 0.25) is 0 Å². The van der Waals surface area contributed by atoms with Crippen LogP contribution in [-0.2, 0) is 0 Å². The molecule has 1 atom stereocenters. The Morgan fingerprint density at radius 2 is 1.86 bits per heavy atom. The van der Waals surface area contributed by atoms with Crippen LogP contribution in [0.25, 0.3) is 0 Å². The number of alkyl halides is 5. The minimum Gasteiger partial charge on any atom is -0.435 e. The Morgan fingerprint density at radius 3 is 2.45 bits per heavy atom. The van der Waals surface area contributed by atoms with Crippen LogP contribution in [0.1, 0.15) is 18.0 Å². The first kappa shape index (κ1) is 17.0. The maximum Gasteiger partial charge on any atom is 0.390 e. The van der Waals surface area contributed by atoms with Gasteiger partial charge in [-0.05, 0) is 17.7 Å². The summed E-state index contributed by atoms with van der Waals surface area (Å²) in [4.78, 5) is 1.71. The van der Waals surface area contributed by atoms with Gasteiger partial charge >= 0.3 is 12.8 Å². The lowest BCUT2D eigenvalue weighted by Gasteiger charge is -2.35. The molecule has 0 spiro atoms. The zero-order chi connectivity index (χ0) is 16.2. The first-order chi connectivity index (χ1) is 10.3. The number of nitrogens with one attached hydrogen (secondary N) is 1. The van der Waals surface area contributed by atoms with Gasteiger partial charge in [0.2, 0.25) is 0 Å². The van der Waals surface area contributed by atoms with Crippen LogP contribution in [0.15, 0.2) is 24.3 Å². The predicted octanol–water partition coefficient (Wildman–Crippen LogP) is 3.19. The Bertz CT molecular complexity index is 475.